The summed E-state index contributed by atoms with van der Waals surface area (Å²) in [5.74, 6) is -0.536. The summed E-state index contributed by atoms with van der Waals surface area (Å²) < 4.78 is 11.3. The second-order valence-electron chi connectivity index (χ2n) is 6.96. The molecule has 156 valence electrons. The lowest BCUT2D eigenvalue weighted by molar-refractivity contribution is -0.139. The molecule has 1 aliphatic rings. The number of carboxylic acid groups (broad SMARTS) is 1. The summed E-state index contributed by atoms with van der Waals surface area (Å²) in [5.41, 5.74) is 0.558. The van der Waals surface area contributed by atoms with Crippen LogP contribution < -0.4 is 14.8 Å². The van der Waals surface area contributed by atoms with Crippen LogP contribution in [0.2, 0.25) is 0 Å². The predicted molar refractivity (Wildman–Crippen MR) is 112 cm³/mol. The van der Waals surface area contributed by atoms with Crippen LogP contribution in [-0.4, -0.2) is 36.2 Å². The number of halogens is 1. The predicted octanol–water partition coefficient (Wildman–Crippen LogP) is 3.91. The molecule has 0 radical (unpaired) electrons. The first-order chi connectivity index (χ1) is 13.8. The van der Waals surface area contributed by atoms with Crippen molar-refractivity contribution in [3.63, 3.8) is 0 Å². The van der Waals surface area contributed by atoms with Gasteiger partial charge in [-0.15, -0.1) is 0 Å². The van der Waals surface area contributed by atoms with Crippen molar-refractivity contribution < 1.29 is 24.2 Å². The van der Waals surface area contributed by atoms with Gasteiger partial charge in [-0.05, 0) is 65.4 Å². The number of aliphatic carboxylic acids is 1. The lowest BCUT2D eigenvalue weighted by Gasteiger charge is -2.29. The Labute approximate surface area is 178 Å². The maximum atomic E-state index is 12.6. The van der Waals surface area contributed by atoms with E-state index in [0.717, 1.165) is 19.3 Å². The summed E-state index contributed by atoms with van der Waals surface area (Å²) in [6, 6.07) is 5.30. The molecule has 1 aromatic rings. The summed E-state index contributed by atoms with van der Waals surface area (Å²) in [4.78, 5) is 23.4. The first-order valence-corrected chi connectivity index (χ1v) is 10.4. The van der Waals surface area contributed by atoms with Gasteiger partial charge in [0.1, 0.15) is 11.6 Å². The smallest absolute Gasteiger partial charge is 0.341 e. The first kappa shape index (κ1) is 22.8. The monoisotopic (exact) mass is 464 g/mol. The van der Waals surface area contributed by atoms with Crippen LogP contribution in [0.1, 0.15) is 45.1 Å². The largest absolute Gasteiger partial charge is 0.490 e. The Morgan fingerprint density at radius 1 is 1.34 bits per heavy atom. The van der Waals surface area contributed by atoms with E-state index in [1.165, 1.54) is 12.5 Å². The molecule has 0 bridgehead atoms. The summed E-state index contributed by atoms with van der Waals surface area (Å²) in [5, 5.41) is 21.3. The van der Waals surface area contributed by atoms with Gasteiger partial charge in [0.05, 0.1) is 11.1 Å². The van der Waals surface area contributed by atoms with E-state index < -0.39 is 18.5 Å². The van der Waals surface area contributed by atoms with Crippen molar-refractivity contribution >= 4 is 33.9 Å². The minimum absolute atomic E-state index is 0.00340. The molecule has 1 saturated carbocycles. The van der Waals surface area contributed by atoms with Crippen molar-refractivity contribution in [1.82, 2.24) is 5.32 Å². The number of ether oxygens (including phenoxy) is 2. The number of amides is 1. The van der Waals surface area contributed by atoms with Crippen molar-refractivity contribution in [2.24, 2.45) is 5.92 Å². The molecule has 1 aromatic carbocycles. The Bertz CT molecular complexity index is 831. The SMILES string of the molecule is CCOc1cc(/C=C(\C#N)C(=O)N[C@H]2CCCC[C@H]2C)cc(Br)c1OCC(=O)O. The van der Waals surface area contributed by atoms with Crippen LogP contribution in [0.25, 0.3) is 6.08 Å². The van der Waals surface area contributed by atoms with E-state index in [-0.39, 0.29) is 17.4 Å². The minimum atomic E-state index is -1.11. The number of nitriles is 1. The highest BCUT2D eigenvalue weighted by Crippen LogP contribution is 2.37. The van der Waals surface area contributed by atoms with Crippen LogP contribution in [0.3, 0.4) is 0 Å². The Morgan fingerprint density at radius 3 is 2.69 bits per heavy atom. The molecule has 2 atom stereocenters. The molecule has 0 aromatic heterocycles. The zero-order valence-electron chi connectivity index (χ0n) is 16.5. The molecule has 8 heteroatoms. The summed E-state index contributed by atoms with van der Waals surface area (Å²) >= 11 is 3.34. The maximum Gasteiger partial charge on any atom is 0.341 e. The summed E-state index contributed by atoms with van der Waals surface area (Å²) in [6.45, 7) is 3.73. The van der Waals surface area contributed by atoms with Gasteiger partial charge >= 0.3 is 5.97 Å². The van der Waals surface area contributed by atoms with Gasteiger partial charge in [-0.2, -0.15) is 5.26 Å². The van der Waals surface area contributed by atoms with E-state index in [2.05, 4.69) is 28.2 Å². The highest BCUT2D eigenvalue weighted by atomic mass is 79.9. The van der Waals surface area contributed by atoms with Crippen LogP contribution >= 0.6 is 15.9 Å². The number of carboxylic acids is 1. The third-order valence-electron chi connectivity index (χ3n) is 4.78. The molecule has 0 unspecified atom stereocenters. The standard InChI is InChI=1S/C21H25BrN2O5/c1-3-28-18-10-14(9-16(22)20(18)29-12-19(25)26)8-15(11-23)21(27)24-17-7-5-4-6-13(17)2/h8-10,13,17H,3-7,12H2,1-2H3,(H,24,27)(H,25,26)/b15-8+/t13-,17+/m1/s1. The molecule has 1 amide bonds. The highest BCUT2D eigenvalue weighted by molar-refractivity contribution is 9.10. The molecule has 2 rings (SSSR count). The third kappa shape index (κ3) is 6.50. The number of nitrogens with one attached hydrogen (secondary N) is 1. The van der Waals surface area contributed by atoms with E-state index in [4.69, 9.17) is 14.6 Å². The van der Waals surface area contributed by atoms with E-state index in [1.807, 2.05) is 6.07 Å². The van der Waals surface area contributed by atoms with Crippen LogP contribution in [0.4, 0.5) is 0 Å². The third-order valence-corrected chi connectivity index (χ3v) is 5.36. The van der Waals surface area contributed by atoms with Gasteiger partial charge in [0.25, 0.3) is 5.91 Å². The molecule has 2 N–H and O–H groups in total. The van der Waals surface area contributed by atoms with Crippen molar-refractivity contribution in [3.05, 3.63) is 27.7 Å². The number of nitrogens with zero attached hydrogens (tertiary/aromatic N) is 1. The van der Waals surface area contributed by atoms with Gasteiger partial charge in [0.2, 0.25) is 0 Å². The van der Waals surface area contributed by atoms with Gasteiger partial charge < -0.3 is 19.9 Å². The van der Waals surface area contributed by atoms with Crippen molar-refractivity contribution in [2.45, 2.75) is 45.6 Å². The number of benzene rings is 1. The Morgan fingerprint density at radius 2 is 2.07 bits per heavy atom. The molecule has 7 nitrogen and oxygen atoms in total. The molecule has 0 saturated heterocycles. The van der Waals surface area contributed by atoms with Gasteiger partial charge in [-0.3, -0.25) is 4.79 Å². The molecular formula is C21H25BrN2O5. The van der Waals surface area contributed by atoms with Crippen molar-refractivity contribution in [2.75, 3.05) is 13.2 Å². The minimum Gasteiger partial charge on any atom is -0.490 e. The van der Waals surface area contributed by atoms with Gasteiger partial charge in [0, 0.05) is 6.04 Å². The zero-order valence-corrected chi connectivity index (χ0v) is 18.1. The number of rotatable bonds is 8. The van der Waals surface area contributed by atoms with Gasteiger partial charge in [0.15, 0.2) is 18.1 Å². The Kier molecular flexibility index (Phi) is 8.52. The highest BCUT2D eigenvalue weighted by Gasteiger charge is 2.24. The molecule has 1 fully saturated rings. The van der Waals surface area contributed by atoms with Gasteiger partial charge in [-0.1, -0.05) is 19.8 Å². The molecule has 29 heavy (non-hydrogen) atoms. The zero-order chi connectivity index (χ0) is 21.4. The van der Waals surface area contributed by atoms with E-state index in [0.29, 0.717) is 28.3 Å². The van der Waals surface area contributed by atoms with Crippen LogP contribution in [0, 0.1) is 17.2 Å². The number of carbonyl (C=O) groups excluding carboxylic acids is 1. The van der Waals surface area contributed by atoms with Crippen LogP contribution in [-0.2, 0) is 9.59 Å². The first-order valence-electron chi connectivity index (χ1n) is 9.59. The summed E-state index contributed by atoms with van der Waals surface area (Å²) in [6.07, 6.45) is 5.71. The quantitative estimate of drug-likeness (QED) is 0.445. The number of hydrogen-bond acceptors (Lipinski definition) is 5. The lowest BCUT2D eigenvalue weighted by Crippen LogP contribution is -2.41. The van der Waals surface area contributed by atoms with Crippen molar-refractivity contribution in [1.29, 1.82) is 5.26 Å². The maximum absolute atomic E-state index is 12.6. The van der Waals surface area contributed by atoms with E-state index >= 15 is 0 Å². The van der Waals surface area contributed by atoms with Gasteiger partial charge in [-0.25, -0.2) is 4.79 Å². The second kappa shape index (κ2) is 10.9. The number of hydrogen-bond donors (Lipinski definition) is 2. The molecule has 0 aliphatic heterocycles. The Balaban J connectivity index is 2.26. The average molecular weight is 465 g/mol. The fraction of sp³-hybridized carbons (Fsp3) is 0.476. The Hall–Kier alpha value is -2.53. The summed E-state index contributed by atoms with van der Waals surface area (Å²) in [7, 11) is 0. The molecule has 0 spiro atoms. The van der Waals surface area contributed by atoms with E-state index in [9.17, 15) is 14.9 Å². The molecule has 0 heterocycles. The van der Waals surface area contributed by atoms with Crippen LogP contribution in [0.5, 0.6) is 11.5 Å². The lowest BCUT2D eigenvalue weighted by atomic mass is 9.86. The average Bonchev–Trinajstić information content (AvgIpc) is 2.67. The topological polar surface area (TPSA) is 109 Å². The second-order valence-corrected chi connectivity index (χ2v) is 7.81. The van der Waals surface area contributed by atoms with Crippen LogP contribution in [0.15, 0.2) is 22.2 Å². The van der Waals surface area contributed by atoms with E-state index in [1.54, 1.807) is 19.1 Å². The van der Waals surface area contributed by atoms with Crippen molar-refractivity contribution in [3.8, 4) is 17.6 Å². The fourth-order valence-electron chi connectivity index (χ4n) is 3.30. The molecular weight excluding hydrogens is 440 g/mol. The number of carbonyl (C=O) groups is 2. The normalized spacial score (nSPS) is 19.2. The fourth-order valence-corrected chi connectivity index (χ4v) is 3.87. The molecule has 1 aliphatic carbocycles.